The molecule has 0 fully saturated rings. The van der Waals surface area contributed by atoms with Crippen molar-refractivity contribution in [3.63, 3.8) is 0 Å². The fourth-order valence-corrected chi connectivity index (χ4v) is 3.96. The quantitative estimate of drug-likeness (QED) is 0.215. The molecule has 0 bridgehead atoms. The Kier molecular flexibility index (Phi) is 7.68. The number of nitrogens with one attached hydrogen (secondary N) is 1. The molecule has 0 aliphatic rings. The molecule has 0 radical (unpaired) electrons. The van der Waals surface area contributed by atoms with Gasteiger partial charge < -0.3 is 9.47 Å². The Labute approximate surface area is 207 Å². The summed E-state index contributed by atoms with van der Waals surface area (Å²) in [5, 5.41) is 7.15. The second-order valence-corrected chi connectivity index (χ2v) is 8.24. The van der Waals surface area contributed by atoms with Crippen LogP contribution in [0.1, 0.15) is 28.4 Å². The van der Waals surface area contributed by atoms with Crippen LogP contribution in [-0.2, 0) is 6.61 Å². The number of rotatable bonds is 8. The molecule has 172 valence electrons. The Balaban J connectivity index is 1.51. The van der Waals surface area contributed by atoms with Gasteiger partial charge in [0.15, 0.2) is 11.5 Å². The fourth-order valence-electron chi connectivity index (χ4n) is 3.49. The maximum atomic E-state index is 12.2. The van der Waals surface area contributed by atoms with Crippen molar-refractivity contribution in [2.45, 2.75) is 13.5 Å². The third-order valence-electron chi connectivity index (χ3n) is 5.05. The summed E-state index contributed by atoms with van der Waals surface area (Å²) in [5.41, 5.74) is 4.59. The molecule has 0 spiro atoms. The lowest BCUT2D eigenvalue weighted by Crippen LogP contribution is -2.17. The fraction of sp³-hybridized carbons (Fsp3) is 0.111. The standard InChI is InChI=1S/C27H22Cl2N2O3/c1-2-33-25-14-18(16-30-31-27(32)20-9-6-11-22(28)15-20)13-24(29)26(25)34-17-21-10-5-8-19-7-3-4-12-23(19)21/h3-16H,2,17H2,1H3,(H,31,32)/b30-16-. The number of fused-ring (bicyclic) bond motifs is 1. The number of carbonyl (C=O) groups excluding carboxylic acids is 1. The third kappa shape index (κ3) is 5.68. The summed E-state index contributed by atoms with van der Waals surface area (Å²) in [6.45, 7) is 2.66. The van der Waals surface area contributed by atoms with Crippen LogP contribution in [0.5, 0.6) is 11.5 Å². The number of nitrogens with zero attached hydrogens (tertiary/aromatic N) is 1. The smallest absolute Gasteiger partial charge is 0.271 e. The first-order valence-corrected chi connectivity index (χ1v) is 11.5. The molecule has 4 rings (SSSR count). The molecule has 0 aliphatic carbocycles. The van der Waals surface area contributed by atoms with Crippen molar-refractivity contribution >= 4 is 46.1 Å². The zero-order chi connectivity index (χ0) is 23.9. The highest BCUT2D eigenvalue weighted by atomic mass is 35.5. The Hall–Kier alpha value is -3.54. The molecule has 0 heterocycles. The summed E-state index contributed by atoms with van der Waals surface area (Å²) in [5.74, 6) is 0.583. The number of hydrogen-bond donors (Lipinski definition) is 1. The van der Waals surface area contributed by atoms with Crippen molar-refractivity contribution < 1.29 is 14.3 Å². The van der Waals surface area contributed by atoms with Crippen LogP contribution < -0.4 is 14.9 Å². The van der Waals surface area contributed by atoms with E-state index in [-0.39, 0.29) is 5.91 Å². The Morgan fingerprint density at radius 1 is 0.971 bits per heavy atom. The van der Waals surface area contributed by atoms with Crippen LogP contribution in [0.4, 0.5) is 0 Å². The van der Waals surface area contributed by atoms with Gasteiger partial charge in [0.25, 0.3) is 5.91 Å². The van der Waals surface area contributed by atoms with Crippen molar-refractivity contribution in [3.8, 4) is 11.5 Å². The molecule has 1 amide bonds. The minimum atomic E-state index is -0.370. The van der Waals surface area contributed by atoms with Crippen LogP contribution in [0.3, 0.4) is 0 Å². The maximum Gasteiger partial charge on any atom is 0.271 e. The maximum absolute atomic E-state index is 12.2. The van der Waals surface area contributed by atoms with E-state index < -0.39 is 0 Å². The van der Waals surface area contributed by atoms with E-state index in [2.05, 4.69) is 28.7 Å². The van der Waals surface area contributed by atoms with Crippen molar-refractivity contribution in [2.24, 2.45) is 5.10 Å². The molecule has 5 nitrogen and oxygen atoms in total. The van der Waals surface area contributed by atoms with E-state index in [9.17, 15) is 4.79 Å². The van der Waals surface area contributed by atoms with Crippen molar-refractivity contribution in [1.29, 1.82) is 0 Å². The number of halogens is 2. The van der Waals surface area contributed by atoms with Gasteiger partial charge in [-0.3, -0.25) is 4.79 Å². The van der Waals surface area contributed by atoms with Gasteiger partial charge in [-0.1, -0.05) is 71.7 Å². The van der Waals surface area contributed by atoms with Gasteiger partial charge in [0.05, 0.1) is 17.8 Å². The summed E-state index contributed by atoms with van der Waals surface area (Å²) < 4.78 is 11.9. The van der Waals surface area contributed by atoms with Crippen molar-refractivity contribution in [1.82, 2.24) is 5.43 Å². The Morgan fingerprint density at radius 3 is 2.59 bits per heavy atom. The molecule has 0 saturated carbocycles. The average molecular weight is 493 g/mol. The number of amides is 1. The van der Waals surface area contributed by atoms with Gasteiger partial charge >= 0.3 is 0 Å². The zero-order valence-electron chi connectivity index (χ0n) is 18.4. The molecule has 0 aromatic heterocycles. The zero-order valence-corrected chi connectivity index (χ0v) is 19.9. The number of hydrazone groups is 1. The van der Waals surface area contributed by atoms with E-state index in [1.54, 1.807) is 36.4 Å². The number of benzene rings is 4. The summed E-state index contributed by atoms with van der Waals surface area (Å²) in [6.07, 6.45) is 1.49. The molecule has 1 N–H and O–H groups in total. The van der Waals surface area contributed by atoms with Crippen LogP contribution >= 0.6 is 23.2 Å². The van der Waals surface area contributed by atoms with Gasteiger partial charge in [-0.25, -0.2) is 5.43 Å². The van der Waals surface area contributed by atoms with Crippen molar-refractivity contribution in [3.05, 3.63) is 106 Å². The van der Waals surface area contributed by atoms with Crippen LogP contribution in [-0.4, -0.2) is 18.7 Å². The van der Waals surface area contributed by atoms with Gasteiger partial charge in [0.2, 0.25) is 0 Å². The van der Waals surface area contributed by atoms with Gasteiger partial charge in [0.1, 0.15) is 6.61 Å². The molecule has 4 aromatic rings. The Morgan fingerprint density at radius 2 is 1.76 bits per heavy atom. The predicted octanol–water partition coefficient (Wildman–Crippen LogP) is 6.89. The lowest BCUT2D eigenvalue weighted by molar-refractivity contribution is 0.0955. The van der Waals surface area contributed by atoms with E-state index in [4.69, 9.17) is 32.7 Å². The highest BCUT2D eigenvalue weighted by Crippen LogP contribution is 2.37. The number of ether oxygens (including phenoxy) is 2. The second-order valence-electron chi connectivity index (χ2n) is 7.40. The normalized spacial score (nSPS) is 11.0. The van der Waals surface area contributed by atoms with Crippen LogP contribution in [0.15, 0.2) is 84.0 Å². The monoisotopic (exact) mass is 492 g/mol. The lowest BCUT2D eigenvalue weighted by Gasteiger charge is -2.15. The molecule has 0 aliphatic heterocycles. The summed E-state index contributed by atoms with van der Waals surface area (Å²) in [7, 11) is 0. The summed E-state index contributed by atoms with van der Waals surface area (Å²) in [6, 6.07) is 24.3. The number of hydrogen-bond acceptors (Lipinski definition) is 4. The van der Waals surface area contributed by atoms with Crippen LogP contribution in [0, 0.1) is 0 Å². The first kappa shape index (κ1) is 23.6. The highest BCUT2D eigenvalue weighted by molar-refractivity contribution is 6.32. The van der Waals surface area contributed by atoms with E-state index in [0.717, 1.165) is 16.3 Å². The van der Waals surface area contributed by atoms with E-state index in [1.807, 2.05) is 31.2 Å². The second kappa shape index (κ2) is 11.1. The molecule has 0 saturated heterocycles. The molecule has 0 unspecified atom stereocenters. The molecule has 7 heteroatoms. The van der Waals surface area contributed by atoms with E-state index in [0.29, 0.717) is 45.9 Å². The number of carbonyl (C=O) groups is 1. The topological polar surface area (TPSA) is 59.9 Å². The molecule has 4 aromatic carbocycles. The lowest BCUT2D eigenvalue weighted by atomic mass is 10.1. The predicted molar refractivity (Wildman–Crippen MR) is 137 cm³/mol. The third-order valence-corrected chi connectivity index (χ3v) is 5.57. The van der Waals surface area contributed by atoms with E-state index in [1.165, 1.54) is 6.21 Å². The van der Waals surface area contributed by atoms with Crippen molar-refractivity contribution in [2.75, 3.05) is 6.61 Å². The molecule has 34 heavy (non-hydrogen) atoms. The SMILES string of the molecule is CCOc1cc(/C=N\NC(=O)c2cccc(Cl)c2)cc(Cl)c1OCc1cccc2ccccc12. The van der Waals surface area contributed by atoms with Gasteiger partial charge in [-0.15, -0.1) is 0 Å². The van der Waals surface area contributed by atoms with Gasteiger partial charge in [-0.05, 0) is 59.2 Å². The van der Waals surface area contributed by atoms with Gasteiger partial charge in [0, 0.05) is 10.6 Å². The van der Waals surface area contributed by atoms with E-state index >= 15 is 0 Å². The first-order valence-electron chi connectivity index (χ1n) is 10.7. The summed E-state index contributed by atoms with van der Waals surface area (Å²) in [4.78, 5) is 12.2. The largest absolute Gasteiger partial charge is 0.490 e. The first-order chi connectivity index (χ1) is 16.5. The summed E-state index contributed by atoms with van der Waals surface area (Å²) >= 11 is 12.5. The average Bonchev–Trinajstić information content (AvgIpc) is 2.84. The Bertz CT molecular complexity index is 1350. The molecular weight excluding hydrogens is 471 g/mol. The highest BCUT2D eigenvalue weighted by Gasteiger charge is 2.13. The molecular formula is C27H22Cl2N2O3. The van der Waals surface area contributed by atoms with Gasteiger partial charge in [-0.2, -0.15) is 5.10 Å². The molecule has 0 atom stereocenters. The van der Waals surface area contributed by atoms with Crippen LogP contribution in [0.25, 0.3) is 10.8 Å². The minimum absolute atomic E-state index is 0.338. The minimum Gasteiger partial charge on any atom is -0.490 e. The van der Waals surface area contributed by atoms with Crippen LogP contribution in [0.2, 0.25) is 10.0 Å².